The molecule has 4 rings (SSSR count). The molecule has 0 saturated heterocycles. The Kier molecular flexibility index (Phi) is 4.29. The van der Waals surface area contributed by atoms with Crippen molar-refractivity contribution >= 4 is 11.7 Å². The van der Waals surface area contributed by atoms with E-state index in [1.54, 1.807) is 0 Å². The van der Waals surface area contributed by atoms with E-state index in [2.05, 4.69) is 20.8 Å². The highest BCUT2D eigenvalue weighted by Crippen LogP contribution is 2.32. The molecule has 1 atom stereocenters. The lowest BCUT2D eigenvalue weighted by atomic mass is 9.94. The van der Waals surface area contributed by atoms with Crippen molar-refractivity contribution < 1.29 is 13.9 Å². The number of fused-ring (bicyclic) bond motifs is 1. The van der Waals surface area contributed by atoms with Gasteiger partial charge in [0.15, 0.2) is 0 Å². The van der Waals surface area contributed by atoms with Gasteiger partial charge in [-0.2, -0.15) is 5.10 Å². The van der Waals surface area contributed by atoms with Crippen LogP contribution in [0.4, 0.5) is 14.9 Å². The first-order chi connectivity index (χ1) is 12.2. The molecule has 1 saturated carbocycles. The summed E-state index contributed by atoms with van der Waals surface area (Å²) in [6, 6.07) is 3.92. The molecule has 6 nitrogen and oxygen atoms in total. The van der Waals surface area contributed by atoms with Gasteiger partial charge < -0.3 is 15.4 Å². The van der Waals surface area contributed by atoms with Crippen molar-refractivity contribution in [3.63, 3.8) is 0 Å². The molecule has 0 spiro atoms. The standard InChI is InChI=1S/C18H21FN4O2/c19-13-3-5-16(17(8-13)25-10-11-1-2-11)22-18(24)21-14-4-6-15-12(7-14)9-20-23-15/h3,5,8-9,11,14H,1-2,4,6-7,10H2,(H,20,23)(H2,21,22,24). The van der Waals surface area contributed by atoms with Gasteiger partial charge in [0.2, 0.25) is 0 Å². The van der Waals surface area contributed by atoms with E-state index < -0.39 is 0 Å². The van der Waals surface area contributed by atoms with Gasteiger partial charge in [0.05, 0.1) is 18.5 Å². The number of aryl methyl sites for hydroxylation is 1. The Morgan fingerprint density at radius 2 is 2.24 bits per heavy atom. The fourth-order valence-corrected chi connectivity index (χ4v) is 3.09. The Labute approximate surface area is 145 Å². The monoisotopic (exact) mass is 344 g/mol. The number of benzene rings is 1. The van der Waals surface area contributed by atoms with E-state index in [0.29, 0.717) is 24.0 Å². The molecule has 2 aliphatic carbocycles. The van der Waals surface area contributed by atoms with Crippen molar-refractivity contribution in [1.82, 2.24) is 15.5 Å². The largest absolute Gasteiger partial charge is 0.491 e. The van der Waals surface area contributed by atoms with Gasteiger partial charge in [0.25, 0.3) is 0 Å². The lowest BCUT2D eigenvalue weighted by Gasteiger charge is -2.23. The lowest BCUT2D eigenvalue weighted by Crippen LogP contribution is -2.41. The Morgan fingerprint density at radius 3 is 3.08 bits per heavy atom. The maximum Gasteiger partial charge on any atom is 0.319 e. The first-order valence-corrected chi connectivity index (χ1v) is 8.68. The molecule has 132 valence electrons. The predicted octanol–water partition coefficient (Wildman–Crippen LogP) is 3.02. The third-order valence-corrected chi connectivity index (χ3v) is 4.72. The van der Waals surface area contributed by atoms with Gasteiger partial charge in [-0.3, -0.25) is 5.10 Å². The molecule has 1 aromatic heterocycles. The maximum atomic E-state index is 13.5. The van der Waals surface area contributed by atoms with Crippen molar-refractivity contribution in [2.75, 3.05) is 11.9 Å². The zero-order valence-corrected chi connectivity index (χ0v) is 13.8. The highest BCUT2D eigenvalue weighted by atomic mass is 19.1. The van der Waals surface area contributed by atoms with Crippen molar-refractivity contribution in [2.45, 2.75) is 38.1 Å². The molecule has 2 aliphatic rings. The van der Waals surface area contributed by atoms with E-state index >= 15 is 0 Å². The number of H-pyrrole nitrogens is 1. The molecule has 2 aromatic rings. The quantitative estimate of drug-likeness (QED) is 0.780. The van der Waals surface area contributed by atoms with Crippen LogP contribution in [0.1, 0.15) is 30.5 Å². The molecule has 25 heavy (non-hydrogen) atoms. The van der Waals surface area contributed by atoms with Gasteiger partial charge in [-0.25, -0.2) is 9.18 Å². The zero-order valence-electron chi connectivity index (χ0n) is 13.8. The number of halogens is 1. The summed E-state index contributed by atoms with van der Waals surface area (Å²) >= 11 is 0. The summed E-state index contributed by atoms with van der Waals surface area (Å²) < 4.78 is 19.2. The molecule has 0 aliphatic heterocycles. The minimum Gasteiger partial charge on any atom is -0.491 e. The van der Waals surface area contributed by atoms with Crippen LogP contribution >= 0.6 is 0 Å². The van der Waals surface area contributed by atoms with Crippen LogP contribution in [-0.4, -0.2) is 28.9 Å². The zero-order chi connectivity index (χ0) is 17.2. The van der Waals surface area contributed by atoms with E-state index in [1.807, 2.05) is 6.20 Å². The minimum atomic E-state index is -0.378. The van der Waals surface area contributed by atoms with Crippen LogP contribution in [0.3, 0.4) is 0 Å². The summed E-state index contributed by atoms with van der Waals surface area (Å²) in [6.07, 6.45) is 6.59. The van der Waals surface area contributed by atoms with E-state index in [9.17, 15) is 9.18 Å². The minimum absolute atomic E-state index is 0.0568. The van der Waals surface area contributed by atoms with Crippen LogP contribution in [-0.2, 0) is 12.8 Å². The van der Waals surface area contributed by atoms with Crippen molar-refractivity contribution in [2.24, 2.45) is 5.92 Å². The summed E-state index contributed by atoms with van der Waals surface area (Å²) in [5.74, 6) is 0.552. The number of urea groups is 1. The number of aromatic amines is 1. The average Bonchev–Trinajstić information content (AvgIpc) is 3.31. The Balaban J connectivity index is 1.37. The number of nitrogens with zero attached hydrogens (tertiary/aromatic N) is 1. The topological polar surface area (TPSA) is 79.0 Å². The van der Waals surface area contributed by atoms with Crippen LogP contribution in [0.2, 0.25) is 0 Å². The SMILES string of the molecule is O=C(Nc1ccc(F)cc1OCC1CC1)NC1CCc2[nH]ncc2C1. The van der Waals surface area contributed by atoms with Gasteiger partial charge in [-0.15, -0.1) is 0 Å². The Morgan fingerprint density at radius 1 is 1.36 bits per heavy atom. The van der Waals surface area contributed by atoms with Gasteiger partial charge in [0.1, 0.15) is 11.6 Å². The summed E-state index contributed by atoms with van der Waals surface area (Å²) in [4.78, 5) is 12.3. The first-order valence-electron chi connectivity index (χ1n) is 8.68. The number of hydrogen-bond donors (Lipinski definition) is 3. The molecule has 2 amide bonds. The molecule has 1 heterocycles. The van der Waals surface area contributed by atoms with Crippen LogP contribution in [0.15, 0.2) is 24.4 Å². The number of nitrogens with one attached hydrogen (secondary N) is 3. The van der Waals surface area contributed by atoms with Gasteiger partial charge in [-0.05, 0) is 55.7 Å². The van der Waals surface area contributed by atoms with Crippen molar-refractivity contribution in [3.05, 3.63) is 41.5 Å². The van der Waals surface area contributed by atoms with Gasteiger partial charge in [0, 0.05) is 17.8 Å². The fourth-order valence-electron chi connectivity index (χ4n) is 3.09. The summed E-state index contributed by atoms with van der Waals surface area (Å²) in [7, 11) is 0. The molecule has 3 N–H and O–H groups in total. The predicted molar refractivity (Wildman–Crippen MR) is 91.2 cm³/mol. The highest BCUT2D eigenvalue weighted by Gasteiger charge is 2.24. The molecule has 0 bridgehead atoms. The summed E-state index contributed by atoms with van der Waals surface area (Å²) in [5, 5.41) is 12.8. The fraction of sp³-hybridized carbons (Fsp3) is 0.444. The van der Waals surface area contributed by atoms with Crippen LogP contribution in [0.5, 0.6) is 5.75 Å². The summed E-state index contributed by atoms with van der Waals surface area (Å²) in [6.45, 7) is 0.561. The Bertz CT molecular complexity index is 772. The molecule has 7 heteroatoms. The third kappa shape index (κ3) is 3.92. The van der Waals surface area contributed by atoms with Gasteiger partial charge >= 0.3 is 6.03 Å². The summed E-state index contributed by atoms with van der Waals surface area (Å²) in [5.41, 5.74) is 2.78. The van der Waals surface area contributed by atoms with Crippen LogP contribution in [0, 0.1) is 11.7 Å². The van der Waals surface area contributed by atoms with Gasteiger partial charge in [-0.1, -0.05) is 0 Å². The molecule has 0 radical (unpaired) electrons. The molecule has 1 fully saturated rings. The number of carbonyl (C=O) groups is 1. The molecular weight excluding hydrogens is 323 g/mol. The average molecular weight is 344 g/mol. The third-order valence-electron chi connectivity index (χ3n) is 4.72. The highest BCUT2D eigenvalue weighted by molar-refractivity contribution is 5.91. The second-order valence-corrected chi connectivity index (χ2v) is 6.81. The van der Waals surface area contributed by atoms with Crippen molar-refractivity contribution in [1.29, 1.82) is 0 Å². The molecule has 1 aromatic carbocycles. The van der Waals surface area contributed by atoms with E-state index in [1.165, 1.54) is 18.2 Å². The normalized spacial score (nSPS) is 19.2. The second kappa shape index (κ2) is 6.74. The smallest absolute Gasteiger partial charge is 0.319 e. The number of aromatic nitrogens is 2. The molecular formula is C18H21FN4O2. The number of amides is 2. The number of hydrogen-bond acceptors (Lipinski definition) is 3. The maximum absolute atomic E-state index is 13.5. The number of carbonyl (C=O) groups excluding carboxylic acids is 1. The second-order valence-electron chi connectivity index (χ2n) is 6.81. The number of anilines is 1. The van der Waals surface area contributed by atoms with Crippen LogP contribution < -0.4 is 15.4 Å². The van der Waals surface area contributed by atoms with E-state index in [4.69, 9.17) is 4.74 Å². The van der Waals surface area contributed by atoms with Crippen molar-refractivity contribution in [3.8, 4) is 5.75 Å². The van der Waals surface area contributed by atoms with E-state index in [-0.39, 0.29) is 17.9 Å². The molecule has 1 unspecified atom stereocenters. The number of ether oxygens (including phenoxy) is 1. The number of rotatable bonds is 5. The van der Waals surface area contributed by atoms with E-state index in [0.717, 1.165) is 43.4 Å². The van der Waals surface area contributed by atoms with Crippen LogP contribution in [0.25, 0.3) is 0 Å². The lowest BCUT2D eigenvalue weighted by molar-refractivity contribution is 0.246. The Hall–Kier alpha value is -2.57. The first kappa shape index (κ1) is 15.9.